The minimum Gasteiger partial charge on any atom is -0.315 e. The van der Waals surface area contributed by atoms with Crippen LogP contribution in [0.3, 0.4) is 0 Å². The van der Waals surface area contributed by atoms with E-state index >= 15 is 0 Å². The van der Waals surface area contributed by atoms with E-state index in [1.165, 1.54) is 104 Å². The summed E-state index contributed by atoms with van der Waals surface area (Å²) >= 11 is 0. The lowest BCUT2D eigenvalue weighted by atomic mass is 10.1. The van der Waals surface area contributed by atoms with Gasteiger partial charge in [0.1, 0.15) is 0 Å². The molecule has 130 valence electrons. The smallest absolute Gasteiger partial charge is 0.0107 e. The number of rotatable bonds is 0. The summed E-state index contributed by atoms with van der Waals surface area (Å²) in [4.78, 5) is 5.36. The van der Waals surface area contributed by atoms with Gasteiger partial charge in [0.15, 0.2) is 0 Å². The fourth-order valence-electron chi connectivity index (χ4n) is 3.63. The molecule has 2 bridgehead atoms. The Balaban J connectivity index is 1.87. The zero-order chi connectivity index (χ0) is 15.3. The Hall–Kier alpha value is -0.160. The molecule has 4 nitrogen and oxygen atoms in total. The molecule has 3 aliphatic rings. The van der Waals surface area contributed by atoms with Crippen LogP contribution in [0.25, 0.3) is 0 Å². The average molecular weight is 311 g/mol. The summed E-state index contributed by atoms with van der Waals surface area (Å²) in [6.45, 7) is 12.3. The molecule has 0 aliphatic carbocycles. The Labute approximate surface area is 138 Å². The van der Waals surface area contributed by atoms with E-state index in [9.17, 15) is 0 Å². The lowest BCUT2D eigenvalue weighted by Crippen LogP contribution is -2.39. The van der Waals surface area contributed by atoms with Gasteiger partial charge < -0.3 is 20.4 Å². The summed E-state index contributed by atoms with van der Waals surface area (Å²) < 4.78 is 0. The van der Waals surface area contributed by atoms with Crippen LogP contribution < -0.4 is 10.6 Å². The van der Waals surface area contributed by atoms with Crippen molar-refractivity contribution in [3.63, 3.8) is 0 Å². The van der Waals surface area contributed by atoms with Gasteiger partial charge in [-0.25, -0.2) is 0 Å². The standard InChI is InChI=1S/C18H38N4/c1-2-4-6-14-22-16-8-10-19-11-17-21(13-5-3-1)15-7-9-20-12-18-22/h19-20H,1-18H2. The van der Waals surface area contributed by atoms with Crippen molar-refractivity contribution in [1.29, 1.82) is 0 Å². The van der Waals surface area contributed by atoms with Crippen LogP contribution in [0.2, 0.25) is 0 Å². The highest BCUT2D eigenvalue weighted by Crippen LogP contribution is 2.08. The van der Waals surface area contributed by atoms with Gasteiger partial charge in [-0.3, -0.25) is 0 Å². The van der Waals surface area contributed by atoms with Gasteiger partial charge in [-0.2, -0.15) is 0 Å². The van der Waals surface area contributed by atoms with Gasteiger partial charge in [0, 0.05) is 26.2 Å². The number of fused-ring (bicyclic) bond motifs is 17. The molecule has 0 amide bonds. The van der Waals surface area contributed by atoms with Crippen LogP contribution in [0.15, 0.2) is 0 Å². The third kappa shape index (κ3) is 8.47. The highest BCUT2D eigenvalue weighted by molar-refractivity contribution is 4.67. The minimum absolute atomic E-state index is 1.16. The molecule has 2 unspecified atom stereocenters. The van der Waals surface area contributed by atoms with Gasteiger partial charge in [0.2, 0.25) is 0 Å². The number of nitrogens with zero attached hydrogens (tertiary/aromatic N) is 2. The van der Waals surface area contributed by atoms with Crippen molar-refractivity contribution in [2.45, 2.75) is 51.4 Å². The molecule has 22 heavy (non-hydrogen) atoms. The molecule has 0 aromatic rings. The maximum absolute atomic E-state index is 3.65. The van der Waals surface area contributed by atoms with Gasteiger partial charge in [-0.15, -0.1) is 0 Å². The van der Waals surface area contributed by atoms with Crippen molar-refractivity contribution in [2.24, 2.45) is 0 Å². The molecular formula is C18H38N4. The molecule has 0 saturated carbocycles. The largest absolute Gasteiger partial charge is 0.315 e. The number of hydrogen-bond donors (Lipinski definition) is 2. The van der Waals surface area contributed by atoms with Gasteiger partial charge >= 0.3 is 0 Å². The van der Waals surface area contributed by atoms with E-state index in [0.717, 1.165) is 13.1 Å². The molecule has 4 heteroatoms. The lowest BCUT2D eigenvalue weighted by Gasteiger charge is -2.26. The first-order valence-electron chi connectivity index (χ1n) is 9.81. The topological polar surface area (TPSA) is 30.5 Å². The van der Waals surface area contributed by atoms with Crippen LogP contribution in [0.1, 0.15) is 51.4 Å². The third-order valence-corrected chi connectivity index (χ3v) is 5.06. The summed E-state index contributed by atoms with van der Waals surface area (Å²) in [5, 5.41) is 7.30. The fraction of sp³-hybridized carbons (Fsp3) is 1.00. The molecule has 0 radical (unpaired) electrons. The first kappa shape index (κ1) is 18.2. The molecule has 2 atom stereocenters. The van der Waals surface area contributed by atoms with Gasteiger partial charge in [-0.05, 0) is 65.0 Å². The van der Waals surface area contributed by atoms with E-state index in [2.05, 4.69) is 20.4 Å². The zero-order valence-corrected chi connectivity index (χ0v) is 14.6. The maximum atomic E-state index is 3.65. The van der Waals surface area contributed by atoms with Crippen LogP contribution in [0, 0.1) is 0 Å². The van der Waals surface area contributed by atoms with Crippen molar-refractivity contribution >= 4 is 0 Å². The SMILES string of the molecule is C1CCCCN2CCCNCCN(CCC1)CCCNCC2. The minimum atomic E-state index is 1.16. The van der Waals surface area contributed by atoms with Crippen LogP contribution in [0.4, 0.5) is 0 Å². The number of nitrogens with one attached hydrogen (secondary N) is 2. The maximum Gasteiger partial charge on any atom is 0.0107 e. The highest BCUT2D eigenvalue weighted by atomic mass is 15.2. The Morgan fingerprint density at radius 2 is 0.773 bits per heavy atom. The summed E-state index contributed by atoms with van der Waals surface area (Å²) in [6, 6.07) is 0. The van der Waals surface area contributed by atoms with E-state index in [1.807, 2.05) is 0 Å². The normalized spacial score (nSPS) is 31.6. The Kier molecular flexibility index (Phi) is 10.2. The van der Waals surface area contributed by atoms with Crippen molar-refractivity contribution in [3.8, 4) is 0 Å². The molecule has 3 fully saturated rings. The summed E-state index contributed by atoms with van der Waals surface area (Å²) in [7, 11) is 0. The van der Waals surface area contributed by atoms with E-state index in [-0.39, 0.29) is 0 Å². The quantitative estimate of drug-likeness (QED) is 0.716. The predicted molar refractivity (Wildman–Crippen MR) is 95.6 cm³/mol. The van der Waals surface area contributed by atoms with Crippen molar-refractivity contribution < 1.29 is 0 Å². The summed E-state index contributed by atoms with van der Waals surface area (Å²) in [6.07, 6.45) is 11.1. The monoisotopic (exact) mass is 310 g/mol. The van der Waals surface area contributed by atoms with Crippen molar-refractivity contribution in [2.75, 3.05) is 65.4 Å². The fourth-order valence-corrected chi connectivity index (χ4v) is 3.63. The zero-order valence-electron chi connectivity index (χ0n) is 14.6. The molecule has 3 aliphatic heterocycles. The van der Waals surface area contributed by atoms with Gasteiger partial charge in [0.25, 0.3) is 0 Å². The Bertz CT molecular complexity index is 212. The van der Waals surface area contributed by atoms with Crippen LogP contribution in [-0.4, -0.2) is 75.2 Å². The first-order valence-corrected chi connectivity index (χ1v) is 9.81. The van der Waals surface area contributed by atoms with Crippen LogP contribution in [0.5, 0.6) is 0 Å². The second-order valence-electron chi connectivity index (χ2n) is 7.01. The second kappa shape index (κ2) is 12.3. The Morgan fingerprint density at radius 1 is 0.364 bits per heavy atom. The molecule has 0 aromatic carbocycles. The van der Waals surface area contributed by atoms with E-state index in [0.29, 0.717) is 0 Å². The van der Waals surface area contributed by atoms with Crippen molar-refractivity contribution in [1.82, 2.24) is 20.4 Å². The van der Waals surface area contributed by atoms with Crippen molar-refractivity contribution in [3.05, 3.63) is 0 Å². The summed E-state index contributed by atoms with van der Waals surface area (Å²) in [5.74, 6) is 0. The lowest BCUT2D eigenvalue weighted by molar-refractivity contribution is 0.240. The molecule has 0 aromatic heterocycles. The predicted octanol–water partition coefficient (Wildman–Crippen LogP) is 1.92. The Morgan fingerprint density at radius 3 is 1.27 bits per heavy atom. The molecular weight excluding hydrogens is 272 g/mol. The second-order valence-corrected chi connectivity index (χ2v) is 7.01. The molecule has 3 saturated heterocycles. The molecule has 0 spiro atoms. The number of hydrogen-bond acceptors (Lipinski definition) is 4. The highest BCUT2D eigenvalue weighted by Gasteiger charge is 2.08. The average Bonchev–Trinajstić information content (AvgIpc) is 2.52. The molecule has 3 rings (SSSR count). The molecule has 3 heterocycles. The van der Waals surface area contributed by atoms with E-state index in [1.54, 1.807) is 0 Å². The summed E-state index contributed by atoms with van der Waals surface area (Å²) in [5.41, 5.74) is 0. The molecule has 2 N–H and O–H groups in total. The van der Waals surface area contributed by atoms with Gasteiger partial charge in [0.05, 0.1) is 0 Å². The van der Waals surface area contributed by atoms with Gasteiger partial charge in [-0.1, -0.05) is 25.7 Å². The third-order valence-electron chi connectivity index (χ3n) is 5.06. The van der Waals surface area contributed by atoms with Crippen LogP contribution in [-0.2, 0) is 0 Å². The van der Waals surface area contributed by atoms with E-state index in [4.69, 9.17) is 0 Å². The van der Waals surface area contributed by atoms with E-state index < -0.39 is 0 Å². The van der Waals surface area contributed by atoms with Crippen LogP contribution >= 0.6 is 0 Å². The first-order chi connectivity index (χ1) is 10.9.